The summed E-state index contributed by atoms with van der Waals surface area (Å²) in [5, 5.41) is 10.5. The van der Waals surface area contributed by atoms with Crippen LogP contribution in [0.25, 0.3) is 22.2 Å². The number of para-hydroxylation sites is 1. The third-order valence-corrected chi connectivity index (χ3v) is 9.05. The molecule has 2 atom stereocenters. The fraction of sp³-hybridized carbons (Fsp3) is 0.281. The van der Waals surface area contributed by atoms with E-state index < -0.39 is 16.6 Å². The second-order valence-corrected chi connectivity index (χ2v) is 12.8. The quantitative estimate of drug-likeness (QED) is 0.110. The van der Waals surface area contributed by atoms with Crippen LogP contribution in [0.3, 0.4) is 0 Å². The third kappa shape index (κ3) is 6.25. The molecule has 0 aliphatic carbocycles. The van der Waals surface area contributed by atoms with Crippen LogP contribution < -0.4 is 5.32 Å². The maximum absolute atomic E-state index is 16.3. The summed E-state index contributed by atoms with van der Waals surface area (Å²) in [6, 6.07) is 9.89. The number of aliphatic imine (C=N–C) groups is 1. The largest absolute Gasteiger partial charge is 0.350 e. The molecule has 1 aliphatic rings. The number of pyridine rings is 1. The number of aromatic amines is 1. The molecule has 1 fully saturated rings. The van der Waals surface area contributed by atoms with E-state index >= 15 is 4.39 Å². The molecule has 2 aromatic heterocycles. The van der Waals surface area contributed by atoms with Crippen molar-refractivity contribution in [2.24, 2.45) is 4.99 Å². The summed E-state index contributed by atoms with van der Waals surface area (Å²) in [6.07, 6.45) is 4.91. The molecule has 2 amide bonds. The molecular formula is C32H33ClFN7O3S. The fourth-order valence-electron chi connectivity index (χ4n) is 5.56. The van der Waals surface area contributed by atoms with Crippen molar-refractivity contribution in [3.05, 3.63) is 77.2 Å². The first-order valence-electron chi connectivity index (χ1n) is 14.3. The van der Waals surface area contributed by atoms with Gasteiger partial charge in [-0.2, -0.15) is 5.10 Å². The van der Waals surface area contributed by atoms with E-state index in [9.17, 15) is 13.8 Å². The number of halogens is 2. The predicted molar refractivity (Wildman–Crippen MR) is 176 cm³/mol. The Morgan fingerprint density at radius 3 is 2.73 bits per heavy atom. The molecule has 45 heavy (non-hydrogen) atoms. The molecule has 13 heteroatoms. The van der Waals surface area contributed by atoms with Gasteiger partial charge in [0.15, 0.2) is 5.82 Å². The molecule has 234 valence electrons. The van der Waals surface area contributed by atoms with E-state index in [0.29, 0.717) is 58.9 Å². The highest BCUT2D eigenvalue weighted by atomic mass is 35.5. The molecule has 10 nitrogen and oxygen atoms in total. The Morgan fingerprint density at radius 2 is 2.07 bits per heavy atom. The number of fused-ring (bicyclic) bond motifs is 1. The minimum Gasteiger partial charge on any atom is -0.350 e. The molecule has 2 unspecified atom stereocenters. The molecule has 3 heterocycles. The van der Waals surface area contributed by atoms with Crippen LogP contribution in [-0.2, 0) is 20.4 Å². The fourth-order valence-corrected chi connectivity index (χ4v) is 6.52. The summed E-state index contributed by atoms with van der Waals surface area (Å²) in [6.45, 7) is 10.6. The molecule has 2 aromatic carbocycles. The minimum absolute atomic E-state index is 0.0230. The zero-order valence-corrected chi connectivity index (χ0v) is 26.9. The van der Waals surface area contributed by atoms with E-state index in [2.05, 4.69) is 27.1 Å². The maximum atomic E-state index is 16.3. The Kier molecular flexibility index (Phi) is 9.45. The van der Waals surface area contributed by atoms with Gasteiger partial charge in [-0.05, 0) is 48.7 Å². The Labute approximate surface area is 267 Å². The van der Waals surface area contributed by atoms with Crippen LogP contribution in [0.5, 0.6) is 0 Å². The van der Waals surface area contributed by atoms with Crippen molar-refractivity contribution < 1.29 is 18.2 Å². The smallest absolute Gasteiger partial charge is 0.246 e. The molecule has 1 saturated heterocycles. The van der Waals surface area contributed by atoms with Crippen molar-refractivity contribution in [2.45, 2.75) is 37.6 Å². The number of carbonyl (C=O) groups is 2. The monoisotopic (exact) mass is 649 g/mol. The molecule has 0 radical (unpaired) electrons. The number of amides is 2. The highest BCUT2D eigenvalue weighted by Crippen LogP contribution is 2.38. The lowest BCUT2D eigenvalue weighted by Gasteiger charge is -2.41. The lowest BCUT2D eigenvalue weighted by atomic mass is 10.0. The third-order valence-electron chi connectivity index (χ3n) is 7.78. The van der Waals surface area contributed by atoms with Crippen molar-refractivity contribution in [1.82, 2.24) is 25.0 Å². The van der Waals surface area contributed by atoms with Crippen LogP contribution in [-0.4, -0.2) is 79.3 Å². The molecule has 2 N–H and O–H groups in total. The van der Waals surface area contributed by atoms with Gasteiger partial charge in [0.05, 0.1) is 43.7 Å². The number of hydrogen-bond donors (Lipinski definition) is 2. The second kappa shape index (κ2) is 13.3. The van der Waals surface area contributed by atoms with Crippen LogP contribution in [0.2, 0.25) is 5.02 Å². The van der Waals surface area contributed by atoms with Crippen LogP contribution in [0, 0.1) is 5.82 Å². The molecule has 5 rings (SSSR count). The van der Waals surface area contributed by atoms with Gasteiger partial charge in [0.25, 0.3) is 0 Å². The number of anilines is 1. The van der Waals surface area contributed by atoms with Crippen molar-refractivity contribution in [1.29, 1.82) is 0 Å². The number of piperazine rings is 1. The number of nitrogens with one attached hydrogen (secondary N) is 2. The van der Waals surface area contributed by atoms with Crippen molar-refractivity contribution in [2.75, 3.05) is 31.2 Å². The van der Waals surface area contributed by atoms with Crippen molar-refractivity contribution in [3.8, 4) is 11.3 Å². The Balaban J connectivity index is 1.77. The van der Waals surface area contributed by atoms with E-state index in [1.54, 1.807) is 35.6 Å². The van der Waals surface area contributed by atoms with Gasteiger partial charge >= 0.3 is 0 Å². The number of hydrogen-bond acceptors (Lipinski definition) is 6. The van der Waals surface area contributed by atoms with Crippen molar-refractivity contribution in [3.63, 3.8) is 0 Å². The lowest BCUT2D eigenvalue weighted by Crippen LogP contribution is -2.55. The van der Waals surface area contributed by atoms with Gasteiger partial charge in [-0.25, -0.2) is 14.4 Å². The molecular weight excluding hydrogens is 617 g/mol. The van der Waals surface area contributed by atoms with Gasteiger partial charge in [-0.3, -0.25) is 18.9 Å². The number of aromatic nitrogens is 3. The Bertz CT molecular complexity index is 1860. The van der Waals surface area contributed by atoms with Crippen LogP contribution in [0.15, 0.2) is 65.1 Å². The summed E-state index contributed by atoms with van der Waals surface area (Å²) in [7, 11) is -1.40. The first-order chi connectivity index (χ1) is 21.5. The number of carbonyl (C=O) groups excluding carboxylic acids is 2. The number of rotatable bonds is 8. The molecule has 1 aliphatic heterocycles. The zero-order chi connectivity index (χ0) is 32.4. The normalized spacial score (nSPS) is 16.2. The van der Waals surface area contributed by atoms with Gasteiger partial charge in [0, 0.05) is 42.9 Å². The van der Waals surface area contributed by atoms with Gasteiger partial charge in [-0.15, -0.1) is 0 Å². The van der Waals surface area contributed by atoms with E-state index in [1.165, 1.54) is 12.1 Å². The average Bonchev–Trinajstić information content (AvgIpc) is 3.49. The van der Waals surface area contributed by atoms with E-state index in [4.69, 9.17) is 16.6 Å². The summed E-state index contributed by atoms with van der Waals surface area (Å²) < 4.78 is 29.2. The van der Waals surface area contributed by atoms with Gasteiger partial charge in [0.1, 0.15) is 17.3 Å². The summed E-state index contributed by atoms with van der Waals surface area (Å²) in [4.78, 5) is 38.2. The summed E-state index contributed by atoms with van der Waals surface area (Å²) >= 11 is 6.55. The summed E-state index contributed by atoms with van der Waals surface area (Å²) in [5.41, 5.74) is 2.24. The summed E-state index contributed by atoms with van der Waals surface area (Å²) in [5.74, 6) is -0.525. The Hall–Kier alpha value is -4.42. The minimum atomic E-state index is -1.40. The molecule has 4 aromatic rings. The highest BCUT2D eigenvalue weighted by molar-refractivity contribution is 7.84. The highest BCUT2D eigenvalue weighted by Gasteiger charge is 2.32. The number of nitrogens with zero attached hydrogens (tertiary/aromatic N) is 5. The van der Waals surface area contributed by atoms with Crippen molar-refractivity contribution >= 4 is 63.0 Å². The average molecular weight is 650 g/mol. The SMILES string of the molecule is C=CC(=O)N1CCN(C(=Nc2c(C(C)C)cccc2S(C)=O)c2cc(F)c(-c3c(Cl)ccc4cn[nH]c34)nc2NC=O)C(C)C1. The Morgan fingerprint density at radius 1 is 1.29 bits per heavy atom. The topological polar surface area (TPSA) is 124 Å². The maximum Gasteiger partial charge on any atom is 0.246 e. The predicted octanol–water partition coefficient (Wildman–Crippen LogP) is 5.64. The van der Waals surface area contributed by atoms with Crippen LogP contribution in [0.4, 0.5) is 15.9 Å². The molecule has 0 spiro atoms. The van der Waals surface area contributed by atoms with Crippen LogP contribution in [0.1, 0.15) is 37.8 Å². The second-order valence-electron chi connectivity index (χ2n) is 11.0. The first kappa shape index (κ1) is 32.0. The van der Waals surface area contributed by atoms with Gasteiger partial charge < -0.3 is 15.1 Å². The van der Waals surface area contributed by atoms with E-state index in [0.717, 1.165) is 5.56 Å². The van der Waals surface area contributed by atoms with Gasteiger partial charge in [-0.1, -0.05) is 44.2 Å². The van der Waals surface area contributed by atoms with E-state index in [-0.39, 0.29) is 40.0 Å². The lowest BCUT2D eigenvalue weighted by molar-refractivity contribution is -0.128. The zero-order valence-electron chi connectivity index (χ0n) is 25.3. The molecule has 0 bridgehead atoms. The van der Waals surface area contributed by atoms with Gasteiger partial charge in [0.2, 0.25) is 12.3 Å². The standard InChI is InChI=1S/C32H33ClFN7O3S/c1-6-26(43)40-12-13-41(19(4)16-40)32(38-29-21(18(2)3)8-7-9-25(29)45(5)44)22-14-24(34)30(37-31(22)35-17-42)27-23(33)11-10-20-15-36-39-28(20)27/h6-11,14-15,17-19H,1,12-13,16H2,2-5H3,(H,36,39)(H,35,37,42). The number of benzene rings is 2. The number of H-pyrrole nitrogens is 1. The molecule has 0 saturated carbocycles. The first-order valence-corrected chi connectivity index (χ1v) is 16.2. The van der Waals surface area contributed by atoms with Crippen LogP contribution >= 0.6 is 11.6 Å². The number of amidine groups is 1. The van der Waals surface area contributed by atoms with E-state index in [1.807, 2.05) is 37.8 Å².